The van der Waals surface area contributed by atoms with Gasteiger partial charge in [-0.3, -0.25) is 4.79 Å². The van der Waals surface area contributed by atoms with Crippen molar-refractivity contribution in [3.63, 3.8) is 0 Å². The number of aromatic nitrogens is 2. The molecule has 1 aliphatic rings. The summed E-state index contributed by atoms with van der Waals surface area (Å²) in [6, 6.07) is 9.68. The Morgan fingerprint density at radius 3 is 2.48 bits per heavy atom. The lowest BCUT2D eigenvalue weighted by atomic mass is 10.2. The van der Waals surface area contributed by atoms with E-state index in [0.717, 1.165) is 48.3 Å². The van der Waals surface area contributed by atoms with E-state index in [-0.39, 0.29) is 5.91 Å². The molecule has 1 N–H and O–H groups in total. The van der Waals surface area contributed by atoms with Gasteiger partial charge in [-0.05, 0) is 24.6 Å². The Bertz CT molecular complexity index is 742. The molecule has 0 aliphatic carbocycles. The number of rotatable bonds is 4. The largest absolute Gasteiger partial charge is 0.353 e. The number of nitrogens with zero attached hydrogens (tertiary/aromatic N) is 4. The van der Waals surface area contributed by atoms with Crippen molar-refractivity contribution in [2.45, 2.75) is 20.4 Å². The third-order valence-corrected chi connectivity index (χ3v) is 4.51. The van der Waals surface area contributed by atoms with E-state index in [1.807, 2.05) is 42.2 Å². The Morgan fingerprint density at radius 2 is 1.84 bits per heavy atom. The van der Waals surface area contributed by atoms with Crippen molar-refractivity contribution in [2.75, 3.05) is 36.4 Å². The molecule has 1 aromatic heterocycles. The summed E-state index contributed by atoms with van der Waals surface area (Å²) in [5, 5.41) is 4.00. The minimum atomic E-state index is 0.129. The van der Waals surface area contributed by atoms with Crippen LogP contribution >= 0.6 is 11.6 Å². The number of aryl methyl sites for hydroxylation is 1. The van der Waals surface area contributed by atoms with E-state index in [0.29, 0.717) is 12.5 Å². The summed E-state index contributed by atoms with van der Waals surface area (Å²) in [5.74, 6) is 1.64. The molecule has 2 aromatic rings. The third-order valence-electron chi connectivity index (χ3n) is 4.25. The number of carbonyl (C=O) groups excluding carboxylic acids is 1. The van der Waals surface area contributed by atoms with E-state index in [1.165, 1.54) is 0 Å². The number of halogens is 1. The number of benzene rings is 1. The van der Waals surface area contributed by atoms with Gasteiger partial charge in [-0.25, -0.2) is 4.98 Å². The molecular weight excluding hydrogens is 338 g/mol. The van der Waals surface area contributed by atoms with Crippen LogP contribution in [0.1, 0.15) is 18.2 Å². The molecule has 6 nitrogen and oxygen atoms in total. The molecule has 1 amide bonds. The zero-order chi connectivity index (χ0) is 17.8. The maximum atomic E-state index is 11.5. The van der Waals surface area contributed by atoms with Crippen molar-refractivity contribution in [1.82, 2.24) is 14.9 Å². The molecule has 0 bridgehead atoms. The van der Waals surface area contributed by atoms with Gasteiger partial charge in [-0.1, -0.05) is 23.7 Å². The molecule has 25 heavy (non-hydrogen) atoms. The highest BCUT2D eigenvalue weighted by Crippen LogP contribution is 2.18. The van der Waals surface area contributed by atoms with Gasteiger partial charge in [0, 0.05) is 56.4 Å². The summed E-state index contributed by atoms with van der Waals surface area (Å²) in [5.41, 5.74) is 2.03. The van der Waals surface area contributed by atoms with E-state index in [2.05, 4.69) is 20.2 Å². The van der Waals surface area contributed by atoms with Crippen LogP contribution in [0.5, 0.6) is 0 Å². The van der Waals surface area contributed by atoms with E-state index in [1.54, 1.807) is 6.92 Å². The predicted molar refractivity (Wildman–Crippen MR) is 100 cm³/mol. The van der Waals surface area contributed by atoms with Crippen LogP contribution in [-0.2, 0) is 11.3 Å². The highest BCUT2D eigenvalue weighted by molar-refractivity contribution is 6.30. The molecule has 3 rings (SSSR count). The summed E-state index contributed by atoms with van der Waals surface area (Å²) in [6.45, 7) is 7.24. The standard InChI is InChI=1S/C18H22ClN5O/c1-13-11-17(24-9-7-23(8-10-24)14(2)25)22-18(21-13)20-12-15-3-5-16(19)6-4-15/h3-6,11H,7-10,12H2,1-2H3,(H,20,21,22). The van der Waals surface area contributed by atoms with Gasteiger partial charge in [0.2, 0.25) is 11.9 Å². The van der Waals surface area contributed by atoms with Gasteiger partial charge in [0.15, 0.2) is 0 Å². The number of nitrogens with one attached hydrogen (secondary N) is 1. The Hall–Kier alpha value is -2.34. The van der Waals surface area contributed by atoms with Crippen LogP contribution < -0.4 is 10.2 Å². The van der Waals surface area contributed by atoms with Crippen molar-refractivity contribution >= 4 is 29.3 Å². The summed E-state index contributed by atoms with van der Waals surface area (Å²) in [7, 11) is 0. The third kappa shape index (κ3) is 4.60. The van der Waals surface area contributed by atoms with E-state index in [9.17, 15) is 4.79 Å². The minimum Gasteiger partial charge on any atom is -0.353 e. The fourth-order valence-electron chi connectivity index (χ4n) is 2.83. The number of piperazine rings is 1. The van der Waals surface area contributed by atoms with E-state index < -0.39 is 0 Å². The maximum Gasteiger partial charge on any atom is 0.225 e. The maximum absolute atomic E-state index is 11.5. The molecule has 1 aromatic carbocycles. The van der Waals surface area contributed by atoms with Crippen LogP contribution in [0.3, 0.4) is 0 Å². The lowest BCUT2D eigenvalue weighted by Crippen LogP contribution is -2.48. The van der Waals surface area contributed by atoms with Gasteiger partial charge in [0.25, 0.3) is 0 Å². The van der Waals surface area contributed by atoms with Crippen molar-refractivity contribution < 1.29 is 4.79 Å². The molecule has 0 atom stereocenters. The molecule has 0 radical (unpaired) electrons. The topological polar surface area (TPSA) is 61.4 Å². The average molecular weight is 360 g/mol. The number of hydrogen-bond acceptors (Lipinski definition) is 5. The van der Waals surface area contributed by atoms with Gasteiger partial charge in [-0.15, -0.1) is 0 Å². The second-order valence-electron chi connectivity index (χ2n) is 6.16. The lowest BCUT2D eigenvalue weighted by Gasteiger charge is -2.35. The van der Waals surface area contributed by atoms with Gasteiger partial charge in [-0.2, -0.15) is 4.98 Å². The first-order chi connectivity index (χ1) is 12.0. The van der Waals surface area contributed by atoms with Crippen LogP contribution in [0.4, 0.5) is 11.8 Å². The SMILES string of the molecule is CC(=O)N1CCN(c2cc(C)nc(NCc3ccc(Cl)cc3)n2)CC1. The highest BCUT2D eigenvalue weighted by Gasteiger charge is 2.20. The average Bonchev–Trinajstić information content (AvgIpc) is 2.61. The quantitative estimate of drug-likeness (QED) is 0.909. The van der Waals surface area contributed by atoms with Gasteiger partial charge in [0.05, 0.1) is 0 Å². The molecule has 1 fully saturated rings. The fourth-order valence-corrected chi connectivity index (χ4v) is 2.95. The Kier molecular flexibility index (Phi) is 5.38. The van der Waals surface area contributed by atoms with Gasteiger partial charge < -0.3 is 15.1 Å². The monoisotopic (exact) mass is 359 g/mol. The first-order valence-electron chi connectivity index (χ1n) is 8.36. The summed E-state index contributed by atoms with van der Waals surface area (Å²) in [6.07, 6.45) is 0. The molecule has 7 heteroatoms. The van der Waals surface area contributed by atoms with Crippen LogP contribution in [0.2, 0.25) is 5.02 Å². The first kappa shape index (κ1) is 17.5. The normalized spacial score (nSPS) is 14.5. The molecule has 0 unspecified atom stereocenters. The highest BCUT2D eigenvalue weighted by atomic mass is 35.5. The molecule has 1 saturated heterocycles. The van der Waals surface area contributed by atoms with Crippen molar-refractivity contribution in [3.05, 3.63) is 46.6 Å². The first-order valence-corrected chi connectivity index (χ1v) is 8.73. The zero-order valence-electron chi connectivity index (χ0n) is 14.5. The smallest absolute Gasteiger partial charge is 0.225 e. The van der Waals surface area contributed by atoms with Crippen molar-refractivity contribution in [2.24, 2.45) is 0 Å². The minimum absolute atomic E-state index is 0.129. The Balaban J connectivity index is 1.66. The van der Waals surface area contributed by atoms with Crippen molar-refractivity contribution in [3.8, 4) is 0 Å². The molecule has 0 saturated carbocycles. The second-order valence-corrected chi connectivity index (χ2v) is 6.60. The fraction of sp³-hybridized carbons (Fsp3) is 0.389. The van der Waals surface area contributed by atoms with Crippen LogP contribution in [0.15, 0.2) is 30.3 Å². The van der Waals surface area contributed by atoms with Crippen LogP contribution in [0.25, 0.3) is 0 Å². The van der Waals surface area contributed by atoms with E-state index >= 15 is 0 Å². The van der Waals surface area contributed by atoms with Crippen LogP contribution in [0, 0.1) is 6.92 Å². The van der Waals surface area contributed by atoms with Gasteiger partial charge in [0.1, 0.15) is 5.82 Å². The summed E-state index contributed by atoms with van der Waals surface area (Å²) >= 11 is 5.91. The van der Waals surface area contributed by atoms with Crippen LogP contribution in [-0.4, -0.2) is 47.0 Å². The molecule has 132 valence electrons. The number of carbonyl (C=O) groups is 1. The number of anilines is 2. The Morgan fingerprint density at radius 1 is 1.16 bits per heavy atom. The summed E-state index contributed by atoms with van der Waals surface area (Å²) < 4.78 is 0. The molecule has 0 spiro atoms. The Labute approximate surface area is 152 Å². The number of hydrogen-bond donors (Lipinski definition) is 1. The molecular formula is C18H22ClN5O. The lowest BCUT2D eigenvalue weighted by molar-refractivity contribution is -0.129. The summed E-state index contributed by atoms with van der Waals surface area (Å²) in [4.78, 5) is 24.6. The molecule has 1 aliphatic heterocycles. The zero-order valence-corrected chi connectivity index (χ0v) is 15.3. The van der Waals surface area contributed by atoms with E-state index in [4.69, 9.17) is 11.6 Å². The van der Waals surface area contributed by atoms with Crippen molar-refractivity contribution in [1.29, 1.82) is 0 Å². The molecule has 2 heterocycles. The number of amides is 1. The predicted octanol–water partition coefficient (Wildman–Crippen LogP) is 2.72. The van der Waals surface area contributed by atoms with Gasteiger partial charge >= 0.3 is 0 Å². The second kappa shape index (κ2) is 7.70.